The van der Waals surface area contributed by atoms with Crippen molar-refractivity contribution < 1.29 is 9.18 Å². The van der Waals surface area contributed by atoms with Crippen LogP contribution in [0.5, 0.6) is 0 Å². The number of aromatic nitrogens is 1. The third-order valence-corrected chi connectivity index (χ3v) is 6.68. The second-order valence-electron chi connectivity index (χ2n) is 8.29. The second-order valence-corrected chi connectivity index (χ2v) is 9.13. The van der Waals surface area contributed by atoms with Crippen LogP contribution in [0.1, 0.15) is 36.9 Å². The van der Waals surface area contributed by atoms with E-state index in [-0.39, 0.29) is 29.3 Å². The van der Waals surface area contributed by atoms with Crippen LogP contribution in [-0.4, -0.2) is 21.6 Å². The van der Waals surface area contributed by atoms with Gasteiger partial charge in [0.2, 0.25) is 5.91 Å². The predicted molar refractivity (Wildman–Crippen MR) is 137 cm³/mol. The maximum absolute atomic E-state index is 13.8. The van der Waals surface area contributed by atoms with Crippen LogP contribution in [0, 0.1) is 5.82 Å². The largest absolute Gasteiger partial charge is 0.321 e. The number of carbonyl (C=O) groups is 1. The number of H-pyrrole nitrogens is 1. The molecule has 1 amide bonds. The second kappa shape index (κ2) is 9.29. The van der Waals surface area contributed by atoms with Gasteiger partial charge in [0.1, 0.15) is 5.82 Å². The average Bonchev–Trinajstić information content (AvgIpc) is 3.30. The van der Waals surface area contributed by atoms with E-state index in [1.807, 2.05) is 36.4 Å². The summed E-state index contributed by atoms with van der Waals surface area (Å²) in [6.45, 7) is 1.74. The van der Waals surface area contributed by atoms with Crippen LogP contribution < -0.4 is 5.56 Å². The first kappa shape index (κ1) is 23.3. The zero-order valence-corrected chi connectivity index (χ0v) is 20.2. The number of para-hydroxylation sites is 1. The minimum Gasteiger partial charge on any atom is -0.321 e. The Labute approximate surface area is 210 Å². The summed E-state index contributed by atoms with van der Waals surface area (Å²) < 4.78 is 13.8. The Balaban J connectivity index is 1.72. The molecule has 8 heteroatoms. The van der Waals surface area contributed by atoms with Gasteiger partial charge in [-0.2, -0.15) is 5.10 Å². The first-order valence-corrected chi connectivity index (χ1v) is 11.9. The molecule has 0 bridgehead atoms. The smallest absolute Gasteiger partial charge is 0.258 e. The summed E-state index contributed by atoms with van der Waals surface area (Å²) in [6.07, 6.45) is 0.496. The third kappa shape index (κ3) is 4.24. The van der Waals surface area contributed by atoms with Gasteiger partial charge in [-0.1, -0.05) is 66.5 Å². The van der Waals surface area contributed by atoms with Gasteiger partial charge in [-0.05, 0) is 41.5 Å². The lowest BCUT2D eigenvalue weighted by Gasteiger charge is -2.21. The lowest BCUT2D eigenvalue weighted by molar-refractivity contribution is -0.132. The Bertz CT molecular complexity index is 1550. The van der Waals surface area contributed by atoms with Crippen molar-refractivity contribution in [2.45, 2.75) is 25.8 Å². The molecule has 0 saturated carbocycles. The summed E-state index contributed by atoms with van der Waals surface area (Å²) in [4.78, 5) is 29.2. The van der Waals surface area contributed by atoms with Crippen molar-refractivity contribution in [2.75, 3.05) is 0 Å². The highest BCUT2D eigenvalue weighted by Crippen LogP contribution is 2.38. The fourth-order valence-electron chi connectivity index (χ4n) is 4.47. The van der Waals surface area contributed by atoms with Crippen molar-refractivity contribution in [2.24, 2.45) is 5.10 Å². The maximum Gasteiger partial charge on any atom is 0.258 e. The number of pyridine rings is 1. The van der Waals surface area contributed by atoms with E-state index in [0.717, 1.165) is 10.9 Å². The first-order valence-electron chi connectivity index (χ1n) is 11.1. The van der Waals surface area contributed by atoms with Crippen LogP contribution in [0.3, 0.4) is 0 Å². The molecular weight excluding hydrogens is 488 g/mol. The molecule has 0 saturated heterocycles. The number of benzene rings is 3. The normalized spacial score (nSPS) is 15.5. The highest BCUT2D eigenvalue weighted by atomic mass is 35.5. The molecule has 3 aromatic carbocycles. The molecule has 0 spiro atoms. The van der Waals surface area contributed by atoms with Gasteiger partial charge in [0.05, 0.1) is 22.3 Å². The van der Waals surface area contributed by atoms with Gasteiger partial charge in [0, 0.05) is 34.3 Å². The minimum absolute atomic E-state index is 0.0368. The zero-order chi connectivity index (χ0) is 24.7. The predicted octanol–water partition coefficient (Wildman–Crippen LogP) is 6.73. The molecule has 0 unspecified atom stereocenters. The van der Waals surface area contributed by atoms with E-state index < -0.39 is 11.9 Å². The van der Waals surface area contributed by atoms with Crippen molar-refractivity contribution in [1.82, 2.24) is 9.99 Å². The van der Waals surface area contributed by atoms with Gasteiger partial charge in [-0.15, -0.1) is 0 Å². The molecule has 1 N–H and O–H groups in total. The number of hydrogen-bond donors (Lipinski definition) is 1. The van der Waals surface area contributed by atoms with Crippen LogP contribution in [-0.2, 0) is 4.79 Å². The van der Waals surface area contributed by atoms with Crippen molar-refractivity contribution in [1.29, 1.82) is 0 Å². The molecule has 176 valence electrons. The Kier molecular flexibility index (Phi) is 6.17. The van der Waals surface area contributed by atoms with Gasteiger partial charge < -0.3 is 4.98 Å². The highest BCUT2D eigenvalue weighted by molar-refractivity contribution is 6.31. The lowest BCUT2D eigenvalue weighted by Crippen LogP contribution is -2.26. The Hall–Kier alpha value is -3.48. The molecular formula is C27H20Cl2FN3O2. The molecule has 1 aromatic heterocycles. The Morgan fingerprint density at radius 3 is 2.54 bits per heavy atom. The summed E-state index contributed by atoms with van der Waals surface area (Å²) in [5, 5.41) is 7.39. The maximum atomic E-state index is 13.8. The standard InChI is InChI=1S/C27H20Cl2FN3O2/c1-2-24(34)33-23(16-9-12-20(30)19(29)13-16)14-22(32-33)26-25(15-7-10-17(28)11-8-15)18-5-3-4-6-21(18)31-27(26)35/h3-13,23H,2,14H2,1H3,(H,31,35)/t23-/m1/s1. The van der Waals surface area contributed by atoms with E-state index in [0.29, 0.717) is 32.9 Å². The summed E-state index contributed by atoms with van der Waals surface area (Å²) in [5.41, 5.74) is 3.38. The number of rotatable bonds is 4. The van der Waals surface area contributed by atoms with Crippen molar-refractivity contribution in [3.63, 3.8) is 0 Å². The van der Waals surface area contributed by atoms with Crippen LogP contribution in [0.4, 0.5) is 4.39 Å². The summed E-state index contributed by atoms with van der Waals surface area (Å²) in [7, 11) is 0. The molecule has 1 aliphatic heterocycles. The molecule has 4 aromatic rings. The quantitative estimate of drug-likeness (QED) is 0.332. The molecule has 0 aliphatic carbocycles. The van der Waals surface area contributed by atoms with Crippen LogP contribution >= 0.6 is 23.2 Å². The van der Waals surface area contributed by atoms with Gasteiger partial charge >= 0.3 is 0 Å². The van der Waals surface area contributed by atoms with Crippen LogP contribution in [0.2, 0.25) is 10.0 Å². The average molecular weight is 508 g/mol. The molecule has 1 aliphatic rings. The monoisotopic (exact) mass is 507 g/mol. The molecule has 5 nitrogen and oxygen atoms in total. The van der Waals surface area contributed by atoms with Crippen molar-refractivity contribution in [3.8, 4) is 11.1 Å². The van der Waals surface area contributed by atoms with Gasteiger partial charge in [-0.25, -0.2) is 9.40 Å². The van der Waals surface area contributed by atoms with E-state index in [1.165, 1.54) is 17.1 Å². The topological polar surface area (TPSA) is 65.5 Å². The van der Waals surface area contributed by atoms with E-state index in [1.54, 1.807) is 25.1 Å². The fraction of sp³-hybridized carbons (Fsp3) is 0.148. The van der Waals surface area contributed by atoms with Gasteiger partial charge in [0.25, 0.3) is 5.56 Å². The number of hydrogen-bond acceptors (Lipinski definition) is 3. The van der Waals surface area contributed by atoms with Crippen molar-refractivity contribution >= 4 is 45.7 Å². The molecule has 35 heavy (non-hydrogen) atoms. The summed E-state index contributed by atoms with van der Waals surface area (Å²) >= 11 is 12.2. The molecule has 0 fully saturated rings. The zero-order valence-electron chi connectivity index (χ0n) is 18.7. The number of hydrazone groups is 1. The lowest BCUT2D eigenvalue weighted by atomic mass is 9.91. The molecule has 1 atom stereocenters. The van der Waals surface area contributed by atoms with Crippen LogP contribution in [0.15, 0.2) is 76.6 Å². The SMILES string of the molecule is CCC(=O)N1N=C(c2c(-c3ccc(Cl)cc3)c3ccccc3[nH]c2=O)C[C@@H]1c1ccc(F)c(Cl)c1. The van der Waals surface area contributed by atoms with E-state index in [9.17, 15) is 14.0 Å². The number of amides is 1. The summed E-state index contributed by atoms with van der Waals surface area (Å²) in [5.74, 6) is -0.755. The molecule has 0 radical (unpaired) electrons. The van der Waals surface area contributed by atoms with Gasteiger partial charge in [-0.3, -0.25) is 9.59 Å². The number of nitrogens with one attached hydrogen (secondary N) is 1. The van der Waals surface area contributed by atoms with E-state index in [2.05, 4.69) is 10.1 Å². The number of aromatic amines is 1. The van der Waals surface area contributed by atoms with Crippen LogP contribution in [0.25, 0.3) is 22.0 Å². The fourth-order valence-corrected chi connectivity index (χ4v) is 4.78. The molecule has 5 rings (SSSR count). The number of nitrogens with zero attached hydrogens (tertiary/aromatic N) is 2. The van der Waals surface area contributed by atoms with Gasteiger partial charge in [0.15, 0.2) is 0 Å². The first-order chi connectivity index (χ1) is 16.9. The molecule has 2 heterocycles. The van der Waals surface area contributed by atoms with E-state index in [4.69, 9.17) is 23.2 Å². The minimum atomic E-state index is -0.543. The number of fused-ring (bicyclic) bond motifs is 1. The Morgan fingerprint density at radius 1 is 1.09 bits per heavy atom. The van der Waals surface area contributed by atoms with E-state index >= 15 is 0 Å². The highest BCUT2D eigenvalue weighted by Gasteiger charge is 2.35. The number of carbonyl (C=O) groups excluding carboxylic acids is 1. The number of halogens is 3. The summed E-state index contributed by atoms with van der Waals surface area (Å²) in [6, 6.07) is 18.6. The van der Waals surface area contributed by atoms with Crippen molar-refractivity contribution in [3.05, 3.63) is 104 Å². The Morgan fingerprint density at radius 2 is 1.83 bits per heavy atom. The third-order valence-electron chi connectivity index (χ3n) is 6.14.